The molecule has 0 aromatic heterocycles. The molecule has 1 saturated carbocycles. The minimum Gasteiger partial charge on any atom is -0.341 e. The van der Waals surface area contributed by atoms with Gasteiger partial charge in [0, 0.05) is 24.5 Å². The zero-order valence-corrected chi connectivity index (χ0v) is 8.96. The fourth-order valence-electron chi connectivity index (χ4n) is 2.72. The second-order valence-corrected chi connectivity index (χ2v) is 5.07. The normalized spacial score (nSPS) is 31.0. The van der Waals surface area contributed by atoms with Gasteiger partial charge in [-0.05, 0) is 19.3 Å². The van der Waals surface area contributed by atoms with Crippen molar-refractivity contribution in [2.24, 2.45) is 11.1 Å². The molecule has 0 spiro atoms. The number of hydrogen-bond acceptors (Lipinski definition) is 2. The van der Waals surface area contributed by atoms with Gasteiger partial charge in [0.2, 0.25) is 5.91 Å². The van der Waals surface area contributed by atoms with E-state index in [0.717, 1.165) is 32.4 Å². The molecular formula is C11H20N2O. The maximum atomic E-state index is 12.2. The number of carbonyl (C=O) groups excluding carboxylic acids is 1. The van der Waals surface area contributed by atoms with E-state index in [2.05, 4.69) is 6.92 Å². The lowest BCUT2D eigenvalue weighted by Crippen LogP contribution is -2.40. The monoisotopic (exact) mass is 196 g/mol. The van der Waals surface area contributed by atoms with Crippen LogP contribution in [0.1, 0.15) is 39.0 Å². The van der Waals surface area contributed by atoms with Crippen molar-refractivity contribution < 1.29 is 4.79 Å². The minimum absolute atomic E-state index is 0.0654. The van der Waals surface area contributed by atoms with E-state index in [1.54, 1.807) is 0 Å². The molecule has 3 nitrogen and oxygen atoms in total. The van der Waals surface area contributed by atoms with Gasteiger partial charge in [-0.2, -0.15) is 0 Å². The summed E-state index contributed by atoms with van der Waals surface area (Å²) in [7, 11) is 0. The lowest BCUT2D eigenvalue weighted by atomic mass is 9.87. The van der Waals surface area contributed by atoms with Crippen molar-refractivity contribution in [2.45, 2.75) is 45.1 Å². The van der Waals surface area contributed by atoms with Crippen LogP contribution in [0.2, 0.25) is 0 Å². The van der Waals surface area contributed by atoms with Gasteiger partial charge in [0.05, 0.1) is 0 Å². The number of nitrogens with zero attached hydrogens (tertiary/aromatic N) is 1. The first-order valence-electron chi connectivity index (χ1n) is 5.67. The molecule has 0 aromatic rings. The summed E-state index contributed by atoms with van der Waals surface area (Å²) < 4.78 is 0. The molecule has 14 heavy (non-hydrogen) atoms. The van der Waals surface area contributed by atoms with Crippen molar-refractivity contribution in [2.75, 3.05) is 13.1 Å². The molecule has 2 rings (SSSR count). The average Bonchev–Trinajstić information content (AvgIpc) is 2.74. The SMILES string of the molecule is CC1(C(=O)N2CCC(N)C2)CCCC1. The first-order valence-corrected chi connectivity index (χ1v) is 5.67. The molecule has 1 atom stereocenters. The minimum atomic E-state index is -0.0654. The van der Waals surface area contributed by atoms with Crippen molar-refractivity contribution in [3.8, 4) is 0 Å². The number of rotatable bonds is 1. The maximum Gasteiger partial charge on any atom is 0.228 e. The van der Waals surface area contributed by atoms with Crippen LogP contribution in [-0.4, -0.2) is 29.9 Å². The van der Waals surface area contributed by atoms with E-state index in [4.69, 9.17) is 5.73 Å². The summed E-state index contributed by atoms with van der Waals surface area (Å²) in [4.78, 5) is 14.2. The zero-order chi connectivity index (χ0) is 10.2. The van der Waals surface area contributed by atoms with Crippen LogP contribution in [0.5, 0.6) is 0 Å². The van der Waals surface area contributed by atoms with Crippen LogP contribution in [0.15, 0.2) is 0 Å². The summed E-state index contributed by atoms with van der Waals surface area (Å²) in [5, 5.41) is 0. The lowest BCUT2D eigenvalue weighted by Gasteiger charge is -2.28. The van der Waals surface area contributed by atoms with E-state index in [0.29, 0.717) is 5.91 Å². The first-order chi connectivity index (χ1) is 6.62. The molecule has 80 valence electrons. The largest absolute Gasteiger partial charge is 0.341 e. The molecule has 0 bridgehead atoms. The predicted octanol–water partition coefficient (Wildman–Crippen LogP) is 1.13. The van der Waals surface area contributed by atoms with Crippen molar-refractivity contribution in [1.82, 2.24) is 4.90 Å². The summed E-state index contributed by atoms with van der Waals surface area (Å²) >= 11 is 0. The Balaban J connectivity index is 2.00. The molecule has 2 aliphatic rings. The highest BCUT2D eigenvalue weighted by atomic mass is 16.2. The summed E-state index contributed by atoms with van der Waals surface area (Å²) in [6.07, 6.45) is 5.53. The molecule has 2 N–H and O–H groups in total. The van der Waals surface area contributed by atoms with Crippen molar-refractivity contribution in [3.05, 3.63) is 0 Å². The fraction of sp³-hybridized carbons (Fsp3) is 0.909. The third-order valence-electron chi connectivity index (χ3n) is 3.74. The van der Waals surface area contributed by atoms with Crippen LogP contribution in [-0.2, 0) is 4.79 Å². The molecule has 3 heteroatoms. The quantitative estimate of drug-likeness (QED) is 0.683. The standard InChI is InChI=1S/C11H20N2O/c1-11(5-2-3-6-11)10(14)13-7-4-9(12)8-13/h9H,2-8,12H2,1H3. The Labute approximate surface area is 85.6 Å². The maximum absolute atomic E-state index is 12.2. The summed E-state index contributed by atoms with van der Waals surface area (Å²) in [5.41, 5.74) is 5.75. The molecule has 2 fully saturated rings. The first kappa shape index (κ1) is 9.97. The smallest absolute Gasteiger partial charge is 0.228 e. The summed E-state index contributed by atoms with van der Waals surface area (Å²) in [5.74, 6) is 0.350. The van der Waals surface area contributed by atoms with Gasteiger partial charge in [-0.25, -0.2) is 0 Å². The van der Waals surface area contributed by atoms with Crippen LogP contribution in [0.3, 0.4) is 0 Å². The highest BCUT2D eigenvalue weighted by molar-refractivity contribution is 5.82. The van der Waals surface area contributed by atoms with Gasteiger partial charge in [0.15, 0.2) is 0 Å². The fourth-order valence-corrected chi connectivity index (χ4v) is 2.72. The number of hydrogen-bond donors (Lipinski definition) is 1. The Bertz CT molecular complexity index is 233. The Kier molecular flexibility index (Phi) is 2.52. The van der Waals surface area contributed by atoms with Crippen molar-refractivity contribution in [3.63, 3.8) is 0 Å². The molecule has 0 aromatic carbocycles. The molecule has 1 unspecified atom stereocenters. The molecule has 1 heterocycles. The second kappa shape index (κ2) is 3.54. The topological polar surface area (TPSA) is 46.3 Å². The third-order valence-corrected chi connectivity index (χ3v) is 3.74. The van der Waals surface area contributed by atoms with Crippen molar-refractivity contribution in [1.29, 1.82) is 0 Å². The summed E-state index contributed by atoms with van der Waals surface area (Å²) in [6.45, 7) is 3.76. The highest BCUT2D eigenvalue weighted by Crippen LogP contribution is 2.39. The van der Waals surface area contributed by atoms with Crippen LogP contribution in [0.25, 0.3) is 0 Å². The van der Waals surface area contributed by atoms with E-state index < -0.39 is 0 Å². The van der Waals surface area contributed by atoms with E-state index in [1.807, 2.05) is 4.90 Å². The number of likely N-dealkylation sites (tertiary alicyclic amines) is 1. The lowest BCUT2D eigenvalue weighted by molar-refractivity contribution is -0.139. The zero-order valence-electron chi connectivity index (χ0n) is 8.96. The second-order valence-electron chi connectivity index (χ2n) is 5.07. The van der Waals surface area contributed by atoms with Crippen molar-refractivity contribution >= 4 is 5.91 Å². The van der Waals surface area contributed by atoms with Gasteiger partial charge in [0.1, 0.15) is 0 Å². The molecule has 1 saturated heterocycles. The number of nitrogens with two attached hydrogens (primary N) is 1. The highest BCUT2D eigenvalue weighted by Gasteiger charge is 2.40. The van der Waals surface area contributed by atoms with Gasteiger partial charge >= 0.3 is 0 Å². The van der Waals surface area contributed by atoms with E-state index in [1.165, 1.54) is 12.8 Å². The van der Waals surface area contributed by atoms with Crippen LogP contribution in [0, 0.1) is 5.41 Å². The number of carbonyl (C=O) groups is 1. The molecule has 1 amide bonds. The van der Waals surface area contributed by atoms with Crippen LogP contribution >= 0.6 is 0 Å². The van der Waals surface area contributed by atoms with Crippen LogP contribution < -0.4 is 5.73 Å². The van der Waals surface area contributed by atoms with Gasteiger partial charge in [-0.3, -0.25) is 4.79 Å². The Morgan fingerprint density at radius 3 is 2.57 bits per heavy atom. The van der Waals surface area contributed by atoms with E-state index >= 15 is 0 Å². The Hall–Kier alpha value is -0.570. The molecular weight excluding hydrogens is 176 g/mol. The van der Waals surface area contributed by atoms with Gasteiger partial charge in [-0.15, -0.1) is 0 Å². The Morgan fingerprint density at radius 1 is 1.43 bits per heavy atom. The van der Waals surface area contributed by atoms with Gasteiger partial charge in [0.25, 0.3) is 0 Å². The predicted molar refractivity (Wildman–Crippen MR) is 55.7 cm³/mol. The molecule has 1 aliphatic heterocycles. The van der Waals surface area contributed by atoms with E-state index in [9.17, 15) is 4.79 Å². The third kappa shape index (κ3) is 1.65. The van der Waals surface area contributed by atoms with Crippen LogP contribution in [0.4, 0.5) is 0 Å². The molecule has 0 radical (unpaired) electrons. The van der Waals surface area contributed by atoms with E-state index in [-0.39, 0.29) is 11.5 Å². The van der Waals surface area contributed by atoms with Gasteiger partial charge in [-0.1, -0.05) is 19.8 Å². The summed E-state index contributed by atoms with van der Waals surface area (Å²) in [6, 6.07) is 0.212. The Morgan fingerprint density at radius 2 is 2.07 bits per heavy atom. The average molecular weight is 196 g/mol. The molecule has 1 aliphatic carbocycles. The number of amides is 1. The van der Waals surface area contributed by atoms with Gasteiger partial charge < -0.3 is 10.6 Å².